The molecule has 3 atom stereocenters. The van der Waals surface area contributed by atoms with E-state index < -0.39 is 12.0 Å². The highest BCUT2D eigenvalue weighted by Gasteiger charge is 2.38. The first-order chi connectivity index (χ1) is 14.4. The molecule has 2 saturated heterocycles. The molecule has 0 aromatic heterocycles. The zero-order valence-electron chi connectivity index (χ0n) is 18.2. The smallest absolute Gasteiger partial charge is 0.245 e. The van der Waals surface area contributed by atoms with Crippen LogP contribution in [0.15, 0.2) is 24.3 Å². The number of carbonyl (C=O) groups excluding carboxylic acids is 3. The minimum atomic E-state index is -0.536. The van der Waals surface area contributed by atoms with E-state index in [1.807, 2.05) is 30.9 Å². The van der Waals surface area contributed by atoms with E-state index in [2.05, 4.69) is 5.32 Å². The highest BCUT2D eigenvalue weighted by atomic mass is 16.5. The molecule has 2 fully saturated rings. The lowest BCUT2D eigenvalue weighted by Gasteiger charge is -2.33. The molecule has 30 heavy (non-hydrogen) atoms. The molecule has 7 nitrogen and oxygen atoms in total. The maximum absolute atomic E-state index is 13.1. The number of hydrogen-bond donors (Lipinski definition) is 1. The highest BCUT2D eigenvalue weighted by molar-refractivity contribution is 6.01. The van der Waals surface area contributed by atoms with Crippen LogP contribution in [0.4, 0.5) is 5.69 Å². The van der Waals surface area contributed by atoms with Gasteiger partial charge >= 0.3 is 0 Å². The molecule has 0 unspecified atom stereocenters. The van der Waals surface area contributed by atoms with Crippen LogP contribution in [0.2, 0.25) is 0 Å². The first kappa shape index (κ1) is 22.1. The van der Waals surface area contributed by atoms with Crippen LogP contribution in [0.3, 0.4) is 0 Å². The number of likely N-dealkylation sites (tertiary alicyclic amines) is 1. The van der Waals surface area contributed by atoms with Crippen LogP contribution in [-0.4, -0.2) is 55.4 Å². The lowest BCUT2D eigenvalue weighted by molar-refractivity contribution is -0.139. The van der Waals surface area contributed by atoms with Gasteiger partial charge in [-0.05, 0) is 49.4 Å². The van der Waals surface area contributed by atoms with Crippen LogP contribution in [0, 0.1) is 11.8 Å². The van der Waals surface area contributed by atoms with Gasteiger partial charge in [0.1, 0.15) is 11.8 Å². The Hall–Kier alpha value is -2.57. The van der Waals surface area contributed by atoms with Crippen LogP contribution in [0.5, 0.6) is 5.75 Å². The molecular weight excluding hydrogens is 382 g/mol. The molecule has 1 aromatic carbocycles. The minimum Gasteiger partial charge on any atom is -0.497 e. The second-order valence-electron chi connectivity index (χ2n) is 8.36. The third-order valence-electron chi connectivity index (χ3n) is 6.32. The Morgan fingerprint density at radius 1 is 1.17 bits per heavy atom. The van der Waals surface area contributed by atoms with Crippen LogP contribution in [0.25, 0.3) is 0 Å². The van der Waals surface area contributed by atoms with Crippen molar-refractivity contribution in [2.24, 2.45) is 11.8 Å². The quantitative estimate of drug-likeness (QED) is 0.742. The molecule has 0 bridgehead atoms. The van der Waals surface area contributed by atoms with Gasteiger partial charge in [0.25, 0.3) is 0 Å². The Morgan fingerprint density at radius 3 is 2.43 bits per heavy atom. The summed E-state index contributed by atoms with van der Waals surface area (Å²) in [6, 6.07) is 6.70. The zero-order valence-corrected chi connectivity index (χ0v) is 18.2. The van der Waals surface area contributed by atoms with Crippen molar-refractivity contribution in [3.63, 3.8) is 0 Å². The second kappa shape index (κ2) is 9.96. The summed E-state index contributed by atoms with van der Waals surface area (Å²) in [5.74, 6) is 0.0114. The second-order valence-corrected chi connectivity index (χ2v) is 8.36. The number of ether oxygens (including phenoxy) is 1. The van der Waals surface area contributed by atoms with Crippen LogP contribution in [0.1, 0.15) is 46.0 Å². The molecule has 2 aliphatic heterocycles. The van der Waals surface area contributed by atoms with Crippen molar-refractivity contribution in [2.45, 2.75) is 52.0 Å². The standard InChI is InChI=1S/C23H33N3O4/c1-4-16(2)21(23(29)25-12-6-5-7-13-25)24-22(28)17-14-20(27)26(15-17)18-8-10-19(30-3)11-9-18/h8-11,16-17,21H,4-7,12-15H2,1-3H3,(H,24,28)/t16-,17-,21+/m1/s1. The summed E-state index contributed by atoms with van der Waals surface area (Å²) in [5, 5.41) is 2.99. The number of anilines is 1. The Kier molecular flexibility index (Phi) is 7.34. The van der Waals surface area contributed by atoms with Crippen LogP contribution >= 0.6 is 0 Å². The predicted octanol–water partition coefficient (Wildman–Crippen LogP) is 2.59. The molecule has 2 aliphatic rings. The Bertz CT molecular complexity index is 758. The molecule has 0 spiro atoms. The van der Waals surface area contributed by atoms with E-state index in [1.54, 1.807) is 24.1 Å². The maximum atomic E-state index is 13.1. The molecule has 2 heterocycles. The number of hydrogen-bond acceptors (Lipinski definition) is 4. The summed E-state index contributed by atoms with van der Waals surface area (Å²) in [7, 11) is 1.59. The molecule has 1 aromatic rings. The minimum absolute atomic E-state index is 0.00809. The summed E-state index contributed by atoms with van der Waals surface area (Å²) in [6.45, 7) is 5.86. The van der Waals surface area contributed by atoms with E-state index in [0.29, 0.717) is 12.3 Å². The fourth-order valence-corrected chi connectivity index (χ4v) is 4.16. The monoisotopic (exact) mass is 415 g/mol. The highest BCUT2D eigenvalue weighted by Crippen LogP contribution is 2.27. The average Bonchev–Trinajstić information content (AvgIpc) is 3.18. The van der Waals surface area contributed by atoms with Gasteiger partial charge in [0, 0.05) is 31.7 Å². The first-order valence-corrected chi connectivity index (χ1v) is 11.0. The molecule has 0 radical (unpaired) electrons. The third kappa shape index (κ3) is 4.94. The predicted molar refractivity (Wildman–Crippen MR) is 115 cm³/mol. The van der Waals surface area contributed by atoms with Gasteiger partial charge in [-0.15, -0.1) is 0 Å². The molecule has 164 valence electrons. The van der Waals surface area contributed by atoms with Crippen molar-refractivity contribution in [1.29, 1.82) is 0 Å². The Morgan fingerprint density at radius 2 is 1.83 bits per heavy atom. The van der Waals surface area contributed by atoms with Crippen molar-refractivity contribution in [1.82, 2.24) is 10.2 Å². The summed E-state index contributed by atoms with van der Waals surface area (Å²) in [4.78, 5) is 42.1. The van der Waals surface area contributed by atoms with Crippen LogP contribution < -0.4 is 15.0 Å². The number of methoxy groups -OCH3 is 1. The number of amides is 3. The molecule has 1 N–H and O–H groups in total. The summed E-state index contributed by atoms with van der Waals surface area (Å²) in [5.41, 5.74) is 0.749. The van der Waals surface area contributed by atoms with E-state index in [1.165, 1.54) is 0 Å². The largest absolute Gasteiger partial charge is 0.497 e. The lowest BCUT2D eigenvalue weighted by Crippen LogP contribution is -2.54. The summed E-state index contributed by atoms with van der Waals surface area (Å²) in [6.07, 6.45) is 4.13. The Balaban J connectivity index is 1.66. The lowest BCUT2D eigenvalue weighted by atomic mass is 9.95. The number of carbonyl (C=O) groups is 3. The zero-order chi connectivity index (χ0) is 21.7. The number of benzene rings is 1. The number of rotatable bonds is 7. The van der Waals surface area contributed by atoms with Gasteiger partial charge in [-0.3, -0.25) is 14.4 Å². The van der Waals surface area contributed by atoms with Gasteiger partial charge in [0.15, 0.2) is 0 Å². The summed E-state index contributed by atoms with van der Waals surface area (Å²) >= 11 is 0. The van der Waals surface area contributed by atoms with E-state index in [9.17, 15) is 14.4 Å². The van der Waals surface area contributed by atoms with E-state index in [-0.39, 0.29) is 30.1 Å². The SMILES string of the molecule is CC[C@@H](C)[C@H](NC(=O)[C@@H]1CC(=O)N(c2ccc(OC)cc2)C1)C(=O)N1CCCCC1. The Labute approximate surface area is 178 Å². The van der Waals surface area contributed by atoms with E-state index in [0.717, 1.165) is 44.5 Å². The van der Waals surface area contributed by atoms with E-state index >= 15 is 0 Å². The molecule has 0 aliphatic carbocycles. The van der Waals surface area contributed by atoms with Crippen molar-refractivity contribution < 1.29 is 19.1 Å². The first-order valence-electron chi connectivity index (χ1n) is 11.0. The van der Waals surface area contributed by atoms with Gasteiger partial charge < -0.3 is 19.9 Å². The fraction of sp³-hybridized carbons (Fsp3) is 0.609. The van der Waals surface area contributed by atoms with Gasteiger partial charge in [0.2, 0.25) is 17.7 Å². The fourth-order valence-electron chi connectivity index (χ4n) is 4.16. The van der Waals surface area contributed by atoms with Crippen molar-refractivity contribution in [3.05, 3.63) is 24.3 Å². The number of piperidine rings is 1. The number of nitrogens with one attached hydrogen (secondary N) is 1. The van der Waals surface area contributed by atoms with Gasteiger partial charge in [-0.1, -0.05) is 20.3 Å². The summed E-state index contributed by atoms with van der Waals surface area (Å²) < 4.78 is 5.16. The molecule has 7 heteroatoms. The molecule has 0 saturated carbocycles. The maximum Gasteiger partial charge on any atom is 0.245 e. The topological polar surface area (TPSA) is 79.0 Å². The van der Waals surface area contributed by atoms with E-state index in [4.69, 9.17) is 4.74 Å². The van der Waals surface area contributed by atoms with Crippen molar-refractivity contribution >= 4 is 23.4 Å². The molecule has 3 amide bonds. The third-order valence-corrected chi connectivity index (χ3v) is 6.32. The van der Waals surface area contributed by atoms with Crippen LogP contribution in [-0.2, 0) is 14.4 Å². The average molecular weight is 416 g/mol. The molecule has 3 rings (SSSR count). The van der Waals surface area contributed by atoms with Gasteiger partial charge in [0.05, 0.1) is 13.0 Å². The number of nitrogens with zero attached hydrogens (tertiary/aromatic N) is 2. The van der Waals surface area contributed by atoms with Gasteiger partial charge in [-0.25, -0.2) is 0 Å². The van der Waals surface area contributed by atoms with Gasteiger partial charge in [-0.2, -0.15) is 0 Å². The van der Waals surface area contributed by atoms with Crippen molar-refractivity contribution in [3.8, 4) is 5.75 Å². The normalized spacial score (nSPS) is 21.3. The van der Waals surface area contributed by atoms with Crippen molar-refractivity contribution in [2.75, 3.05) is 31.6 Å². The molecular formula is C23H33N3O4.